The number of hydrogen-bond donors (Lipinski definition) is 0. The van der Waals surface area contributed by atoms with Crippen molar-refractivity contribution in [2.45, 2.75) is 58.8 Å². The van der Waals surface area contributed by atoms with E-state index in [9.17, 15) is 0 Å². The Balaban J connectivity index is 2.61. The van der Waals surface area contributed by atoms with Gasteiger partial charge in [-0.1, -0.05) is 63.3 Å². The minimum absolute atomic E-state index is 0.565. The van der Waals surface area contributed by atoms with Crippen molar-refractivity contribution in [3.05, 3.63) is 65.3 Å². The lowest BCUT2D eigenvalue weighted by molar-refractivity contribution is 0.419. The van der Waals surface area contributed by atoms with Crippen LogP contribution in [0.2, 0.25) is 0 Å². The maximum absolute atomic E-state index is 3.96. The smallest absolute Gasteiger partial charge is 0.0144 e. The van der Waals surface area contributed by atoms with Gasteiger partial charge in [0.2, 0.25) is 0 Å². The number of rotatable bonds is 5. The molecule has 1 aliphatic carbocycles. The normalized spacial score (nSPS) is 17.0. The standard InChI is InChI=1S/C21H28/c1-6-9-19(16(5)7-2)21-14-18(15(3)4)12-13-20(21)17-10-8-11-17/h6-7,9,12-15,17H,2,8,10-11H2,1,3-5H3/b9-6-,19-16+. The monoisotopic (exact) mass is 280 g/mol. The second-order valence-electron chi connectivity index (χ2n) is 6.43. The molecule has 2 rings (SSSR count). The van der Waals surface area contributed by atoms with Crippen LogP contribution in [0.4, 0.5) is 0 Å². The van der Waals surface area contributed by atoms with Crippen LogP contribution >= 0.6 is 0 Å². The fourth-order valence-corrected chi connectivity index (χ4v) is 2.95. The maximum atomic E-state index is 3.96. The fourth-order valence-electron chi connectivity index (χ4n) is 2.95. The zero-order valence-electron chi connectivity index (χ0n) is 13.9. The molecule has 1 aromatic rings. The van der Waals surface area contributed by atoms with Crippen molar-refractivity contribution >= 4 is 5.57 Å². The first-order valence-electron chi connectivity index (χ1n) is 8.18. The van der Waals surface area contributed by atoms with Crippen LogP contribution in [0.15, 0.2) is 48.6 Å². The van der Waals surface area contributed by atoms with Gasteiger partial charge in [-0.2, -0.15) is 0 Å². The van der Waals surface area contributed by atoms with Crippen LogP contribution in [0, 0.1) is 0 Å². The Bertz CT molecular complexity index is 566. The molecule has 1 fully saturated rings. The zero-order chi connectivity index (χ0) is 15.4. The van der Waals surface area contributed by atoms with Gasteiger partial charge < -0.3 is 0 Å². The van der Waals surface area contributed by atoms with Gasteiger partial charge in [0.1, 0.15) is 0 Å². The largest absolute Gasteiger partial charge is 0.0988 e. The molecule has 0 radical (unpaired) electrons. The summed E-state index contributed by atoms with van der Waals surface area (Å²) >= 11 is 0. The number of benzene rings is 1. The van der Waals surface area contributed by atoms with Gasteiger partial charge in [-0.15, -0.1) is 0 Å². The predicted octanol–water partition coefficient (Wildman–Crippen LogP) is 6.61. The molecule has 1 aromatic carbocycles. The molecule has 1 aliphatic rings. The van der Waals surface area contributed by atoms with Crippen LogP contribution in [-0.2, 0) is 0 Å². The minimum Gasteiger partial charge on any atom is -0.0988 e. The Labute approximate surface area is 130 Å². The lowest BCUT2D eigenvalue weighted by atomic mass is 9.76. The van der Waals surface area contributed by atoms with Gasteiger partial charge in [0.25, 0.3) is 0 Å². The molecule has 0 N–H and O–H groups in total. The SMILES string of the molecule is C=C/C(C)=C(\C=C/C)c1cc(C(C)C)ccc1C1CCC1. The van der Waals surface area contributed by atoms with E-state index in [1.807, 2.05) is 6.08 Å². The highest BCUT2D eigenvalue weighted by molar-refractivity contribution is 5.80. The van der Waals surface area contributed by atoms with Gasteiger partial charge in [-0.25, -0.2) is 0 Å². The molecule has 0 aliphatic heterocycles. The summed E-state index contributed by atoms with van der Waals surface area (Å²) in [6.45, 7) is 12.7. The van der Waals surface area contributed by atoms with Crippen LogP contribution in [-0.4, -0.2) is 0 Å². The maximum Gasteiger partial charge on any atom is -0.0144 e. The summed E-state index contributed by atoms with van der Waals surface area (Å²) in [5.74, 6) is 1.31. The molecular weight excluding hydrogens is 252 g/mol. The van der Waals surface area contributed by atoms with Crippen molar-refractivity contribution in [3.8, 4) is 0 Å². The van der Waals surface area contributed by atoms with Gasteiger partial charge in [0.05, 0.1) is 0 Å². The molecule has 0 spiro atoms. The molecule has 0 amide bonds. The van der Waals surface area contributed by atoms with Crippen LogP contribution in [0.5, 0.6) is 0 Å². The van der Waals surface area contributed by atoms with Gasteiger partial charge in [0.15, 0.2) is 0 Å². The third-order valence-electron chi connectivity index (χ3n) is 4.64. The lowest BCUT2D eigenvalue weighted by Gasteiger charge is -2.29. The van der Waals surface area contributed by atoms with Crippen molar-refractivity contribution in [3.63, 3.8) is 0 Å². The van der Waals surface area contributed by atoms with Crippen LogP contribution < -0.4 is 0 Å². The highest BCUT2D eigenvalue weighted by Gasteiger charge is 2.23. The summed E-state index contributed by atoms with van der Waals surface area (Å²) < 4.78 is 0. The molecule has 0 nitrogen and oxygen atoms in total. The summed E-state index contributed by atoms with van der Waals surface area (Å²) in [6.07, 6.45) is 10.4. The lowest BCUT2D eigenvalue weighted by Crippen LogP contribution is -2.11. The topological polar surface area (TPSA) is 0 Å². The molecule has 0 heteroatoms. The molecule has 0 bridgehead atoms. The zero-order valence-corrected chi connectivity index (χ0v) is 13.9. The van der Waals surface area contributed by atoms with E-state index < -0.39 is 0 Å². The number of hydrogen-bond acceptors (Lipinski definition) is 0. The molecule has 0 heterocycles. The van der Waals surface area contributed by atoms with Crippen molar-refractivity contribution in [1.29, 1.82) is 0 Å². The summed E-state index contributed by atoms with van der Waals surface area (Å²) in [5.41, 5.74) is 6.96. The quantitative estimate of drug-likeness (QED) is 0.532. The Morgan fingerprint density at radius 2 is 2.00 bits per heavy atom. The van der Waals surface area contributed by atoms with Crippen molar-refractivity contribution in [2.75, 3.05) is 0 Å². The Morgan fingerprint density at radius 3 is 2.48 bits per heavy atom. The second kappa shape index (κ2) is 6.93. The first kappa shape index (κ1) is 15.8. The fraction of sp³-hybridized carbons (Fsp3) is 0.429. The van der Waals surface area contributed by atoms with Crippen LogP contribution in [0.25, 0.3) is 5.57 Å². The molecule has 0 aromatic heterocycles. The van der Waals surface area contributed by atoms with Crippen LogP contribution in [0.1, 0.15) is 75.5 Å². The van der Waals surface area contributed by atoms with E-state index in [0.717, 1.165) is 5.92 Å². The van der Waals surface area contributed by atoms with Gasteiger partial charge in [-0.3, -0.25) is 0 Å². The van der Waals surface area contributed by atoms with Crippen molar-refractivity contribution in [2.24, 2.45) is 0 Å². The van der Waals surface area contributed by atoms with E-state index in [2.05, 4.69) is 64.6 Å². The van der Waals surface area contributed by atoms with Gasteiger partial charge in [0, 0.05) is 0 Å². The summed E-state index contributed by atoms with van der Waals surface area (Å²) in [5, 5.41) is 0. The molecule has 1 saturated carbocycles. The highest BCUT2D eigenvalue weighted by atomic mass is 14.3. The highest BCUT2D eigenvalue weighted by Crippen LogP contribution is 2.41. The first-order valence-corrected chi connectivity index (χ1v) is 8.18. The van der Waals surface area contributed by atoms with Crippen LogP contribution in [0.3, 0.4) is 0 Å². The van der Waals surface area contributed by atoms with E-state index in [-0.39, 0.29) is 0 Å². The van der Waals surface area contributed by atoms with E-state index >= 15 is 0 Å². The number of allylic oxidation sites excluding steroid dienone is 5. The molecule has 0 unspecified atom stereocenters. The Kier molecular flexibility index (Phi) is 5.22. The van der Waals surface area contributed by atoms with Gasteiger partial charge in [-0.05, 0) is 66.4 Å². The Morgan fingerprint density at radius 1 is 1.29 bits per heavy atom. The molecular formula is C21H28. The second-order valence-corrected chi connectivity index (χ2v) is 6.43. The Hall–Kier alpha value is -1.56. The molecule has 0 saturated heterocycles. The molecule has 21 heavy (non-hydrogen) atoms. The van der Waals surface area contributed by atoms with E-state index in [0.29, 0.717) is 5.92 Å². The third-order valence-corrected chi connectivity index (χ3v) is 4.64. The van der Waals surface area contributed by atoms with Crippen molar-refractivity contribution in [1.82, 2.24) is 0 Å². The van der Waals surface area contributed by atoms with E-state index in [1.165, 1.54) is 47.1 Å². The summed E-state index contributed by atoms with van der Waals surface area (Å²) in [4.78, 5) is 0. The summed E-state index contributed by atoms with van der Waals surface area (Å²) in [6, 6.07) is 7.09. The first-order chi connectivity index (χ1) is 10.1. The summed E-state index contributed by atoms with van der Waals surface area (Å²) in [7, 11) is 0. The van der Waals surface area contributed by atoms with Crippen molar-refractivity contribution < 1.29 is 0 Å². The van der Waals surface area contributed by atoms with E-state index in [1.54, 1.807) is 0 Å². The molecule has 112 valence electrons. The third kappa shape index (κ3) is 3.37. The molecule has 0 atom stereocenters. The average molecular weight is 280 g/mol. The minimum atomic E-state index is 0.565. The predicted molar refractivity (Wildman–Crippen MR) is 94.7 cm³/mol. The average Bonchev–Trinajstić information content (AvgIpc) is 2.42. The van der Waals surface area contributed by atoms with Gasteiger partial charge >= 0.3 is 0 Å². The van der Waals surface area contributed by atoms with E-state index in [4.69, 9.17) is 0 Å².